The molecule has 1 fully saturated rings. The highest BCUT2D eigenvalue weighted by Crippen LogP contribution is 2.12. The molecule has 1 saturated heterocycles. The number of nitrogens with two attached hydrogens (primary N) is 1. The number of hydrogen-bond donors (Lipinski definition) is 1. The van der Waals surface area contributed by atoms with Gasteiger partial charge in [-0.2, -0.15) is 5.10 Å². The summed E-state index contributed by atoms with van der Waals surface area (Å²) in [6, 6.07) is 10.2. The maximum absolute atomic E-state index is 12.3. The van der Waals surface area contributed by atoms with Crippen molar-refractivity contribution in [2.45, 2.75) is 19.0 Å². The number of hydrogen-bond acceptors (Lipinski definition) is 3. The van der Waals surface area contributed by atoms with Crippen LogP contribution in [0.15, 0.2) is 42.7 Å². The van der Waals surface area contributed by atoms with Crippen molar-refractivity contribution in [1.29, 1.82) is 0 Å². The first kappa shape index (κ1) is 12.9. The van der Waals surface area contributed by atoms with Crippen molar-refractivity contribution in [1.82, 2.24) is 14.7 Å². The van der Waals surface area contributed by atoms with E-state index in [1.54, 1.807) is 22.0 Å². The highest BCUT2D eigenvalue weighted by atomic mass is 16.2. The summed E-state index contributed by atoms with van der Waals surface area (Å²) in [4.78, 5) is 14.1. The van der Waals surface area contributed by atoms with Crippen LogP contribution in [-0.2, 0) is 6.54 Å². The quantitative estimate of drug-likeness (QED) is 0.908. The van der Waals surface area contributed by atoms with Crippen LogP contribution in [0.5, 0.6) is 0 Å². The summed E-state index contributed by atoms with van der Waals surface area (Å²) in [6.07, 6.45) is 4.32. The lowest BCUT2D eigenvalue weighted by atomic mass is 10.2. The van der Waals surface area contributed by atoms with Gasteiger partial charge in [0.1, 0.15) is 0 Å². The molecule has 0 radical (unpaired) electrons. The van der Waals surface area contributed by atoms with E-state index in [0.717, 1.165) is 18.5 Å². The summed E-state index contributed by atoms with van der Waals surface area (Å²) in [5.74, 6) is 0.0252. The molecule has 20 heavy (non-hydrogen) atoms. The van der Waals surface area contributed by atoms with E-state index in [1.807, 2.05) is 30.3 Å². The maximum atomic E-state index is 12.3. The molecule has 1 aromatic carbocycles. The number of aromatic nitrogens is 2. The average molecular weight is 270 g/mol. The highest BCUT2D eigenvalue weighted by molar-refractivity contribution is 5.93. The molecule has 2 aromatic rings. The molecule has 0 bridgehead atoms. The number of nitrogens with zero attached hydrogens (tertiary/aromatic N) is 3. The van der Waals surface area contributed by atoms with E-state index in [-0.39, 0.29) is 11.9 Å². The van der Waals surface area contributed by atoms with Crippen LogP contribution in [0.3, 0.4) is 0 Å². The zero-order valence-electron chi connectivity index (χ0n) is 11.3. The summed E-state index contributed by atoms with van der Waals surface area (Å²) in [5, 5.41) is 4.26. The van der Waals surface area contributed by atoms with Gasteiger partial charge in [0, 0.05) is 25.3 Å². The summed E-state index contributed by atoms with van der Waals surface area (Å²) in [7, 11) is 0. The summed E-state index contributed by atoms with van der Waals surface area (Å²) in [6.45, 7) is 2.06. The van der Waals surface area contributed by atoms with Crippen molar-refractivity contribution in [2.24, 2.45) is 5.73 Å². The fraction of sp³-hybridized carbons (Fsp3) is 0.333. The molecule has 2 N–H and O–H groups in total. The third-order valence-corrected chi connectivity index (χ3v) is 3.58. The summed E-state index contributed by atoms with van der Waals surface area (Å²) >= 11 is 0. The topological polar surface area (TPSA) is 64.2 Å². The van der Waals surface area contributed by atoms with Gasteiger partial charge in [0.2, 0.25) is 0 Å². The molecule has 104 valence electrons. The van der Waals surface area contributed by atoms with Crippen LogP contribution in [0.2, 0.25) is 0 Å². The number of carbonyl (C=O) groups excluding carboxylic acids is 1. The van der Waals surface area contributed by atoms with Gasteiger partial charge in [0.15, 0.2) is 0 Å². The second kappa shape index (κ2) is 5.46. The summed E-state index contributed by atoms with van der Waals surface area (Å²) in [5.41, 5.74) is 7.63. The lowest BCUT2D eigenvalue weighted by Crippen LogP contribution is -2.31. The van der Waals surface area contributed by atoms with Gasteiger partial charge in [-0.15, -0.1) is 0 Å². The average Bonchev–Trinajstić information content (AvgIpc) is 3.08. The molecule has 0 saturated carbocycles. The largest absolute Gasteiger partial charge is 0.337 e. The fourth-order valence-electron chi connectivity index (χ4n) is 2.49. The lowest BCUT2D eigenvalue weighted by Gasteiger charge is -2.14. The third kappa shape index (κ3) is 2.72. The zero-order chi connectivity index (χ0) is 13.9. The van der Waals surface area contributed by atoms with E-state index in [9.17, 15) is 4.79 Å². The van der Waals surface area contributed by atoms with Gasteiger partial charge in [0.05, 0.1) is 18.3 Å². The molecular formula is C15H18N4O. The molecule has 0 spiro atoms. The van der Waals surface area contributed by atoms with Crippen LogP contribution in [0.1, 0.15) is 22.3 Å². The second-order valence-electron chi connectivity index (χ2n) is 5.21. The van der Waals surface area contributed by atoms with Crippen LogP contribution < -0.4 is 5.73 Å². The second-order valence-corrected chi connectivity index (χ2v) is 5.21. The minimum Gasteiger partial charge on any atom is -0.337 e. The van der Waals surface area contributed by atoms with Crippen LogP contribution >= 0.6 is 0 Å². The van der Waals surface area contributed by atoms with Crippen LogP contribution in [0, 0.1) is 0 Å². The zero-order valence-corrected chi connectivity index (χ0v) is 11.3. The molecular weight excluding hydrogens is 252 g/mol. The van der Waals surface area contributed by atoms with Crippen LogP contribution in [0.25, 0.3) is 0 Å². The number of carbonyl (C=O) groups is 1. The number of benzene rings is 1. The number of likely N-dealkylation sites (tertiary alicyclic amines) is 1. The number of rotatable bonds is 3. The summed E-state index contributed by atoms with van der Waals surface area (Å²) < 4.78 is 1.79. The Morgan fingerprint density at radius 1 is 1.35 bits per heavy atom. The molecule has 0 unspecified atom stereocenters. The van der Waals surface area contributed by atoms with Crippen molar-refractivity contribution in [2.75, 3.05) is 13.1 Å². The van der Waals surface area contributed by atoms with Crippen molar-refractivity contribution in [3.63, 3.8) is 0 Å². The van der Waals surface area contributed by atoms with E-state index in [0.29, 0.717) is 18.7 Å². The Morgan fingerprint density at radius 2 is 2.15 bits per heavy atom. The fourth-order valence-corrected chi connectivity index (χ4v) is 2.49. The highest BCUT2D eigenvalue weighted by Gasteiger charge is 2.25. The Labute approximate surface area is 118 Å². The molecule has 1 aliphatic rings. The molecule has 1 aliphatic heterocycles. The monoisotopic (exact) mass is 270 g/mol. The Morgan fingerprint density at radius 3 is 2.85 bits per heavy atom. The Bertz CT molecular complexity index is 593. The van der Waals surface area contributed by atoms with E-state index in [1.165, 1.54) is 0 Å². The third-order valence-electron chi connectivity index (χ3n) is 3.58. The molecule has 1 atom stereocenters. The maximum Gasteiger partial charge on any atom is 0.257 e. The first-order valence-electron chi connectivity index (χ1n) is 6.83. The molecule has 0 aliphatic carbocycles. The minimum absolute atomic E-state index is 0.0252. The van der Waals surface area contributed by atoms with E-state index in [2.05, 4.69) is 5.10 Å². The molecule has 2 heterocycles. The Hall–Kier alpha value is -2.14. The van der Waals surface area contributed by atoms with Gasteiger partial charge in [-0.3, -0.25) is 9.48 Å². The van der Waals surface area contributed by atoms with Crippen molar-refractivity contribution in [3.05, 3.63) is 53.9 Å². The number of amides is 1. The first-order chi connectivity index (χ1) is 9.72. The van der Waals surface area contributed by atoms with E-state index < -0.39 is 0 Å². The minimum atomic E-state index is 0.0252. The van der Waals surface area contributed by atoms with Crippen molar-refractivity contribution in [3.8, 4) is 0 Å². The van der Waals surface area contributed by atoms with E-state index >= 15 is 0 Å². The normalized spacial score (nSPS) is 18.4. The molecule has 5 nitrogen and oxygen atoms in total. The van der Waals surface area contributed by atoms with Gasteiger partial charge in [-0.1, -0.05) is 30.3 Å². The predicted molar refractivity (Wildman–Crippen MR) is 76.3 cm³/mol. The van der Waals surface area contributed by atoms with Crippen molar-refractivity contribution < 1.29 is 4.79 Å². The van der Waals surface area contributed by atoms with Crippen molar-refractivity contribution >= 4 is 5.91 Å². The van der Waals surface area contributed by atoms with Crippen LogP contribution in [0.4, 0.5) is 0 Å². The van der Waals surface area contributed by atoms with Gasteiger partial charge < -0.3 is 10.6 Å². The van der Waals surface area contributed by atoms with Gasteiger partial charge in [-0.05, 0) is 12.0 Å². The van der Waals surface area contributed by atoms with Gasteiger partial charge >= 0.3 is 0 Å². The Kier molecular flexibility index (Phi) is 3.52. The lowest BCUT2D eigenvalue weighted by molar-refractivity contribution is 0.0791. The standard InChI is InChI=1S/C15H18N4O/c16-14-6-7-18(11-14)15(20)13-8-17-19(10-13)9-12-4-2-1-3-5-12/h1-5,8,10,14H,6-7,9,11,16H2/t14-/m0/s1. The molecule has 5 heteroatoms. The Balaban J connectivity index is 1.69. The SMILES string of the molecule is N[C@H]1CCN(C(=O)c2cnn(Cc3ccccc3)c2)C1. The molecule has 1 aromatic heterocycles. The molecule has 3 rings (SSSR count). The smallest absolute Gasteiger partial charge is 0.257 e. The van der Waals surface area contributed by atoms with Crippen LogP contribution in [-0.4, -0.2) is 39.7 Å². The molecule has 1 amide bonds. The predicted octanol–water partition coefficient (Wildman–Crippen LogP) is 1.10. The van der Waals surface area contributed by atoms with Gasteiger partial charge in [-0.25, -0.2) is 0 Å². The van der Waals surface area contributed by atoms with Gasteiger partial charge in [0.25, 0.3) is 5.91 Å². The first-order valence-corrected chi connectivity index (χ1v) is 6.83. The van der Waals surface area contributed by atoms with E-state index in [4.69, 9.17) is 5.73 Å².